The number of nitrogens with zero attached hydrogens (tertiary/aromatic N) is 1. The summed E-state index contributed by atoms with van der Waals surface area (Å²) in [5.41, 5.74) is 3.75. The van der Waals surface area contributed by atoms with Crippen LogP contribution < -0.4 is 5.32 Å². The lowest BCUT2D eigenvalue weighted by Crippen LogP contribution is -2.51. The molecule has 1 heterocycles. The van der Waals surface area contributed by atoms with E-state index < -0.39 is 16.1 Å². The predicted octanol–water partition coefficient (Wildman–Crippen LogP) is 2.71. The van der Waals surface area contributed by atoms with Crippen molar-refractivity contribution >= 4 is 21.6 Å². The van der Waals surface area contributed by atoms with E-state index in [1.807, 2.05) is 55.5 Å². The monoisotopic (exact) mass is 358 g/mol. The number of rotatable bonds is 4. The number of hydrogen-bond donors (Lipinski definition) is 1. The summed E-state index contributed by atoms with van der Waals surface area (Å²) in [6.07, 6.45) is 0.382. The van der Waals surface area contributed by atoms with Gasteiger partial charge < -0.3 is 5.32 Å². The first-order chi connectivity index (χ1) is 11.9. The Morgan fingerprint density at radius 1 is 1.12 bits per heavy atom. The molecule has 25 heavy (non-hydrogen) atoms. The van der Waals surface area contributed by atoms with E-state index in [0.717, 1.165) is 16.7 Å². The molecule has 2 aromatic carbocycles. The van der Waals surface area contributed by atoms with Crippen molar-refractivity contribution in [3.05, 3.63) is 65.2 Å². The molecular weight excluding hydrogens is 336 g/mol. The van der Waals surface area contributed by atoms with Gasteiger partial charge in [-0.3, -0.25) is 4.79 Å². The maximum atomic E-state index is 12.8. The molecule has 1 N–H and O–H groups in total. The lowest BCUT2D eigenvalue weighted by Gasteiger charge is -2.34. The maximum absolute atomic E-state index is 12.8. The molecule has 1 aliphatic heterocycles. The number of sulfonamides is 1. The zero-order valence-corrected chi connectivity index (χ0v) is 15.2. The molecule has 0 spiro atoms. The summed E-state index contributed by atoms with van der Waals surface area (Å²) in [5.74, 6) is -0.320. The molecule has 1 atom stereocenters. The van der Waals surface area contributed by atoms with E-state index in [4.69, 9.17) is 0 Å². The Hall–Kier alpha value is -2.18. The van der Waals surface area contributed by atoms with Crippen LogP contribution >= 0.6 is 0 Å². The van der Waals surface area contributed by atoms with Crippen LogP contribution in [0.2, 0.25) is 0 Å². The summed E-state index contributed by atoms with van der Waals surface area (Å²) in [6, 6.07) is 14.4. The average Bonchev–Trinajstić information content (AvgIpc) is 2.62. The van der Waals surface area contributed by atoms with Crippen LogP contribution in [0.4, 0.5) is 5.69 Å². The average molecular weight is 358 g/mol. The number of carbonyl (C=O) groups is 1. The largest absolute Gasteiger partial charge is 0.325 e. The Bertz CT molecular complexity index is 876. The third-order valence-corrected chi connectivity index (χ3v) is 6.38. The Morgan fingerprint density at radius 2 is 1.76 bits per heavy atom. The highest BCUT2D eigenvalue weighted by atomic mass is 32.2. The number of fused-ring (bicyclic) bond motifs is 1. The first-order valence-electron chi connectivity index (χ1n) is 8.34. The van der Waals surface area contributed by atoms with Crippen molar-refractivity contribution in [1.82, 2.24) is 4.31 Å². The molecule has 2 aromatic rings. The summed E-state index contributed by atoms with van der Waals surface area (Å²) in [7, 11) is -3.48. The van der Waals surface area contributed by atoms with Gasteiger partial charge in [-0.1, -0.05) is 42.0 Å². The Labute approximate surface area is 148 Å². The number of carbonyl (C=O) groups excluding carboxylic acids is 1. The van der Waals surface area contributed by atoms with E-state index in [1.165, 1.54) is 4.31 Å². The van der Waals surface area contributed by atoms with Crippen LogP contribution in [0, 0.1) is 6.92 Å². The SMILES string of the molecule is CCS(=O)(=O)N1Cc2ccccc2C[C@@H]1C(=O)Nc1ccc(C)cc1. The number of aryl methyl sites for hydroxylation is 1. The fourth-order valence-corrected chi connectivity index (χ4v) is 4.27. The van der Waals surface area contributed by atoms with Crippen LogP contribution in [-0.4, -0.2) is 30.4 Å². The molecular formula is C19H22N2O3S. The molecule has 1 aliphatic rings. The molecule has 1 amide bonds. The summed E-state index contributed by atoms with van der Waals surface area (Å²) in [5, 5.41) is 2.85. The number of hydrogen-bond acceptors (Lipinski definition) is 3. The van der Waals surface area contributed by atoms with Gasteiger partial charge in [0.2, 0.25) is 15.9 Å². The maximum Gasteiger partial charge on any atom is 0.243 e. The Balaban J connectivity index is 1.90. The predicted molar refractivity (Wildman–Crippen MR) is 98.7 cm³/mol. The molecule has 0 saturated carbocycles. The second-order valence-electron chi connectivity index (χ2n) is 6.29. The van der Waals surface area contributed by atoms with Crippen LogP contribution in [-0.2, 0) is 27.8 Å². The third-order valence-electron chi connectivity index (χ3n) is 4.55. The lowest BCUT2D eigenvalue weighted by molar-refractivity contribution is -0.120. The van der Waals surface area contributed by atoms with Gasteiger partial charge in [0.15, 0.2) is 0 Å². The van der Waals surface area contributed by atoms with E-state index in [-0.39, 0.29) is 18.2 Å². The molecule has 6 heteroatoms. The van der Waals surface area contributed by atoms with E-state index in [2.05, 4.69) is 5.32 Å². The van der Waals surface area contributed by atoms with E-state index >= 15 is 0 Å². The Kier molecular flexibility index (Phi) is 4.92. The van der Waals surface area contributed by atoms with Crippen molar-refractivity contribution in [2.45, 2.75) is 32.9 Å². The van der Waals surface area contributed by atoms with Gasteiger partial charge in [0.05, 0.1) is 5.75 Å². The van der Waals surface area contributed by atoms with E-state index in [9.17, 15) is 13.2 Å². The molecule has 0 aromatic heterocycles. The van der Waals surface area contributed by atoms with Crippen molar-refractivity contribution in [2.75, 3.05) is 11.1 Å². The zero-order chi connectivity index (χ0) is 18.0. The minimum Gasteiger partial charge on any atom is -0.325 e. The molecule has 0 saturated heterocycles. The molecule has 0 bridgehead atoms. The van der Waals surface area contributed by atoms with Crippen molar-refractivity contribution in [3.63, 3.8) is 0 Å². The molecule has 0 unspecified atom stereocenters. The van der Waals surface area contributed by atoms with Crippen LogP contribution in [0.25, 0.3) is 0 Å². The van der Waals surface area contributed by atoms with Crippen LogP contribution in [0.5, 0.6) is 0 Å². The molecule has 0 fully saturated rings. The van der Waals surface area contributed by atoms with Gasteiger partial charge in [-0.25, -0.2) is 8.42 Å². The topological polar surface area (TPSA) is 66.5 Å². The van der Waals surface area contributed by atoms with Gasteiger partial charge in [0.1, 0.15) is 6.04 Å². The molecule has 3 rings (SSSR count). The standard InChI is InChI=1S/C19H22N2O3S/c1-3-25(23,24)21-13-16-7-5-4-6-15(16)12-18(21)19(22)20-17-10-8-14(2)9-11-17/h4-11,18H,3,12-13H2,1-2H3,(H,20,22)/t18-/m1/s1. The van der Waals surface area contributed by atoms with Gasteiger partial charge in [-0.2, -0.15) is 4.31 Å². The highest BCUT2D eigenvalue weighted by Gasteiger charge is 2.37. The molecule has 132 valence electrons. The zero-order valence-electron chi connectivity index (χ0n) is 14.4. The van der Waals surface area contributed by atoms with E-state index in [0.29, 0.717) is 12.1 Å². The van der Waals surface area contributed by atoms with Crippen molar-refractivity contribution in [2.24, 2.45) is 0 Å². The summed E-state index contributed by atoms with van der Waals surface area (Å²) in [6.45, 7) is 3.81. The molecule has 5 nitrogen and oxygen atoms in total. The molecule has 0 radical (unpaired) electrons. The summed E-state index contributed by atoms with van der Waals surface area (Å²) >= 11 is 0. The minimum absolute atomic E-state index is 0.0243. The van der Waals surface area contributed by atoms with Crippen molar-refractivity contribution in [3.8, 4) is 0 Å². The van der Waals surface area contributed by atoms with Crippen molar-refractivity contribution in [1.29, 1.82) is 0 Å². The highest BCUT2D eigenvalue weighted by molar-refractivity contribution is 7.89. The normalized spacial score (nSPS) is 17.8. The van der Waals surface area contributed by atoms with Gasteiger partial charge in [0.25, 0.3) is 0 Å². The fraction of sp³-hybridized carbons (Fsp3) is 0.316. The Morgan fingerprint density at radius 3 is 2.40 bits per heavy atom. The summed E-state index contributed by atoms with van der Waals surface area (Å²) in [4.78, 5) is 12.8. The first kappa shape index (κ1) is 17.6. The number of anilines is 1. The molecule has 0 aliphatic carbocycles. The first-order valence-corrected chi connectivity index (χ1v) is 9.95. The van der Waals surface area contributed by atoms with Gasteiger partial charge in [0, 0.05) is 12.2 Å². The number of nitrogens with one attached hydrogen (secondary N) is 1. The van der Waals surface area contributed by atoms with Crippen LogP contribution in [0.3, 0.4) is 0 Å². The fourth-order valence-electron chi connectivity index (χ4n) is 3.04. The van der Waals surface area contributed by atoms with E-state index in [1.54, 1.807) is 6.92 Å². The van der Waals surface area contributed by atoms with Gasteiger partial charge in [-0.05, 0) is 43.5 Å². The van der Waals surface area contributed by atoms with Gasteiger partial charge >= 0.3 is 0 Å². The smallest absolute Gasteiger partial charge is 0.243 e. The number of benzene rings is 2. The van der Waals surface area contributed by atoms with Crippen LogP contribution in [0.15, 0.2) is 48.5 Å². The minimum atomic E-state index is -3.48. The van der Waals surface area contributed by atoms with Crippen molar-refractivity contribution < 1.29 is 13.2 Å². The van der Waals surface area contributed by atoms with Crippen LogP contribution in [0.1, 0.15) is 23.6 Å². The highest BCUT2D eigenvalue weighted by Crippen LogP contribution is 2.27. The quantitative estimate of drug-likeness (QED) is 0.914. The second kappa shape index (κ2) is 6.98. The second-order valence-corrected chi connectivity index (χ2v) is 8.50. The summed E-state index contributed by atoms with van der Waals surface area (Å²) < 4.78 is 26.4. The number of amides is 1. The van der Waals surface area contributed by atoms with Gasteiger partial charge in [-0.15, -0.1) is 0 Å². The third kappa shape index (κ3) is 3.75. The lowest BCUT2D eigenvalue weighted by atomic mass is 9.95.